The van der Waals surface area contributed by atoms with Gasteiger partial charge in [0, 0.05) is 48.1 Å². The molecule has 5 rings (SSSR count). The zero-order valence-corrected chi connectivity index (χ0v) is 20.8. The zero-order chi connectivity index (χ0) is 24.7. The highest BCUT2D eigenvalue weighted by Crippen LogP contribution is 2.62. The Morgan fingerprint density at radius 2 is 1.49 bits per heavy atom. The highest BCUT2D eigenvalue weighted by molar-refractivity contribution is 6.30. The predicted octanol–water partition coefficient (Wildman–Crippen LogP) is 6.39. The Kier molecular flexibility index (Phi) is 6.60. The van der Waals surface area contributed by atoms with Crippen LogP contribution in [0.15, 0.2) is 66.7 Å². The Hall–Kier alpha value is -2.47. The number of nitrogens with zero attached hydrogens (tertiary/aromatic N) is 1. The lowest BCUT2D eigenvalue weighted by Gasteiger charge is -2.49. The third-order valence-electron chi connectivity index (χ3n) is 7.52. The molecule has 0 spiro atoms. The molecule has 0 radical (unpaired) electrons. The molecule has 0 bridgehead atoms. The molecule has 3 aromatic rings. The van der Waals surface area contributed by atoms with E-state index < -0.39 is 11.6 Å². The molecule has 1 saturated carbocycles. The third-order valence-corrected chi connectivity index (χ3v) is 8.03. The standard InChI is InChI=1S/C28H26Cl2F2N2O/c1-17(35)33-14-21-13-28(21,20-10-25(31)12-26(32)11-20)22-15-34(16-22)27(18-2-6-23(29)7-3-18)19-4-8-24(30)9-5-19/h2-12,21-22,27H,13-16H2,1H3,(H,33,35). The van der Waals surface area contributed by atoms with Crippen molar-refractivity contribution in [3.8, 4) is 0 Å². The SMILES string of the molecule is CC(=O)NCC1CC1(c1cc(F)cc(F)c1)C1CN(C(c2ccc(Cl)cc2)c2ccc(Cl)cc2)C1. The number of likely N-dealkylation sites (tertiary alicyclic amines) is 1. The fourth-order valence-corrected chi connectivity index (χ4v) is 5.99. The maximum Gasteiger partial charge on any atom is 0.216 e. The van der Waals surface area contributed by atoms with Crippen LogP contribution in [0, 0.1) is 23.5 Å². The molecular weight excluding hydrogens is 489 g/mol. The van der Waals surface area contributed by atoms with E-state index in [0.29, 0.717) is 22.2 Å². The average Bonchev–Trinajstić information content (AvgIpc) is 3.50. The molecule has 1 amide bonds. The number of hydrogen-bond acceptors (Lipinski definition) is 2. The van der Waals surface area contributed by atoms with E-state index in [1.54, 1.807) is 0 Å². The predicted molar refractivity (Wildman–Crippen MR) is 135 cm³/mol. The van der Waals surface area contributed by atoms with Gasteiger partial charge in [-0.15, -0.1) is 0 Å². The molecular formula is C28H26Cl2F2N2O. The summed E-state index contributed by atoms with van der Waals surface area (Å²) in [5.41, 5.74) is 2.56. The van der Waals surface area contributed by atoms with Gasteiger partial charge in [-0.3, -0.25) is 9.69 Å². The van der Waals surface area contributed by atoms with Crippen LogP contribution in [0.25, 0.3) is 0 Å². The minimum absolute atomic E-state index is 0.00891. The van der Waals surface area contributed by atoms with Crippen LogP contribution in [0.4, 0.5) is 8.78 Å². The van der Waals surface area contributed by atoms with Crippen molar-refractivity contribution in [3.05, 3.63) is 105 Å². The van der Waals surface area contributed by atoms with Crippen molar-refractivity contribution in [2.45, 2.75) is 24.8 Å². The van der Waals surface area contributed by atoms with Gasteiger partial charge < -0.3 is 5.32 Å². The first kappa shape index (κ1) is 24.2. The van der Waals surface area contributed by atoms with Gasteiger partial charge in [0.25, 0.3) is 0 Å². The van der Waals surface area contributed by atoms with E-state index in [2.05, 4.69) is 10.2 Å². The van der Waals surface area contributed by atoms with E-state index in [9.17, 15) is 13.6 Å². The highest BCUT2D eigenvalue weighted by Gasteiger charge is 2.62. The van der Waals surface area contributed by atoms with Crippen molar-refractivity contribution in [2.75, 3.05) is 19.6 Å². The van der Waals surface area contributed by atoms with Gasteiger partial charge in [0.15, 0.2) is 0 Å². The van der Waals surface area contributed by atoms with Crippen LogP contribution in [0.3, 0.4) is 0 Å². The molecule has 1 N–H and O–H groups in total. The van der Waals surface area contributed by atoms with Crippen LogP contribution in [0.2, 0.25) is 10.0 Å². The Labute approximate surface area is 214 Å². The summed E-state index contributed by atoms with van der Waals surface area (Å²) in [6.45, 7) is 3.52. The van der Waals surface area contributed by atoms with Gasteiger partial charge in [-0.2, -0.15) is 0 Å². The molecule has 2 fully saturated rings. The number of hydrogen-bond donors (Lipinski definition) is 1. The molecule has 3 nitrogen and oxygen atoms in total. The van der Waals surface area contributed by atoms with Crippen molar-refractivity contribution in [3.63, 3.8) is 0 Å². The fraction of sp³-hybridized carbons (Fsp3) is 0.321. The number of amides is 1. The second-order valence-electron chi connectivity index (χ2n) is 9.69. The van der Waals surface area contributed by atoms with Crippen LogP contribution in [-0.2, 0) is 10.2 Å². The van der Waals surface area contributed by atoms with Gasteiger partial charge in [0.05, 0.1) is 6.04 Å². The highest BCUT2D eigenvalue weighted by atomic mass is 35.5. The van der Waals surface area contributed by atoms with E-state index in [-0.39, 0.29) is 29.2 Å². The molecule has 0 aromatic heterocycles. The minimum Gasteiger partial charge on any atom is -0.356 e. The first-order valence-electron chi connectivity index (χ1n) is 11.7. The smallest absolute Gasteiger partial charge is 0.216 e. The Bertz CT molecular complexity index is 1160. The molecule has 35 heavy (non-hydrogen) atoms. The topological polar surface area (TPSA) is 32.3 Å². The molecule has 2 unspecified atom stereocenters. The summed E-state index contributed by atoms with van der Waals surface area (Å²) in [5, 5.41) is 4.25. The first-order chi connectivity index (χ1) is 16.8. The lowest BCUT2D eigenvalue weighted by molar-refractivity contribution is -0.119. The van der Waals surface area contributed by atoms with E-state index in [0.717, 1.165) is 36.7 Å². The van der Waals surface area contributed by atoms with Crippen molar-refractivity contribution in [2.24, 2.45) is 11.8 Å². The Balaban J connectivity index is 1.43. The van der Waals surface area contributed by atoms with Gasteiger partial charge in [0.2, 0.25) is 5.91 Å². The van der Waals surface area contributed by atoms with Crippen LogP contribution >= 0.6 is 23.2 Å². The van der Waals surface area contributed by atoms with E-state index in [4.69, 9.17) is 23.2 Å². The number of halogens is 4. The lowest BCUT2D eigenvalue weighted by atomic mass is 9.74. The van der Waals surface area contributed by atoms with E-state index >= 15 is 0 Å². The summed E-state index contributed by atoms with van der Waals surface area (Å²) in [6.07, 6.45) is 0.793. The van der Waals surface area contributed by atoms with Crippen molar-refractivity contribution < 1.29 is 13.6 Å². The second-order valence-corrected chi connectivity index (χ2v) is 10.6. The van der Waals surface area contributed by atoms with Gasteiger partial charge in [-0.1, -0.05) is 47.5 Å². The summed E-state index contributed by atoms with van der Waals surface area (Å²) in [4.78, 5) is 13.9. The van der Waals surface area contributed by atoms with E-state index in [1.807, 2.05) is 48.5 Å². The summed E-state index contributed by atoms with van der Waals surface area (Å²) >= 11 is 12.3. The number of carbonyl (C=O) groups is 1. The summed E-state index contributed by atoms with van der Waals surface area (Å²) in [5.74, 6) is -0.882. The number of nitrogens with one attached hydrogen (secondary N) is 1. The van der Waals surface area contributed by atoms with Crippen molar-refractivity contribution >= 4 is 29.1 Å². The summed E-state index contributed by atoms with van der Waals surface area (Å²) in [7, 11) is 0. The van der Waals surface area contributed by atoms with Gasteiger partial charge in [-0.25, -0.2) is 8.78 Å². The molecule has 182 valence electrons. The first-order valence-corrected chi connectivity index (χ1v) is 12.5. The van der Waals surface area contributed by atoms with Crippen LogP contribution in [-0.4, -0.2) is 30.4 Å². The molecule has 1 heterocycles. The summed E-state index contributed by atoms with van der Waals surface area (Å²) < 4.78 is 28.4. The van der Waals surface area contributed by atoms with Crippen LogP contribution in [0.5, 0.6) is 0 Å². The number of rotatable bonds is 7. The minimum atomic E-state index is -0.569. The van der Waals surface area contributed by atoms with Crippen LogP contribution < -0.4 is 5.32 Å². The number of carbonyl (C=O) groups excluding carboxylic acids is 1. The van der Waals surface area contributed by atoms with Gasteiger partial charge >= 0.3 is 0 Å². The lowest BCUT2D eigenvalue weighted by Crippen LogP contribution is -2.54. The summed E-state index contributed by atoms with van der Waals surface area (Å²) in [6, 6.07) is 19.5. The van der Waals surface area contributed by atoms with Gasteiger partial charge in [-0.05, 0) is 71.3 Å². The third kappa shape index (κ3) is 4.82. The maximum atomic E-state index is 14.2. The Morgan fingerprint density at radius 1 is 0.971 bits per heavy atom. The monoisotopic (exact) mass is 514 g/mol. The fourth-order valence-electron chi connectivity index (χ4n) is 5.74. The normalized spacial score (nSPS) is 22.2. The van der Waals surface area contributed by atoms with Gasteiger partial charge in [0.1, 0.15) is 11.6 Å². The molecule has 1 saturated heterocycles. The van der Waals surface area contributed by atoms with Crippen LogP contribution in [0.1, 0.15) is 36.1 Å². The molecule has 2 atom stereocenters. The molecule has 7 heteroatoms. The zero-order valence-electron chi connectivity index (χ0n) is 19.3. The maximum absolute atomic E-state index is 14.2. The molecule has 1 aliphatic heterocycles. The second kappa shape index (κ2) is 9.53. The van der Waals surface area contributed by atoms with Crippen molar-refractivity contribution in [1.29, 1.82) is 0 Å². The molecule has 2 aliphatic rings. The van der Waals surface area contributed by atoms with E-state index in [1.165, 1.54) is 19.1 Å². The Morgan fingerprint density at radius 3 is 1.97 bits per heavy atom. The van der Waals surface area contributed by atoms with Crippen molar-refractivity contribution in [1.82, 2.24) is 10.2 Å². The number of benzene rings is 3. The average molecular weight is 515 g/mol. The quantitative estimate of drug-likeness (QED) is 0.396. The largest absolute Gasteiger partial charge is 0.356 e. The molecule has 3 aromatic carbocycles. The molecule has 1 aliphatic carbocycles.